The second-order valence-electron chi connectivity index (χ2n) is 6.00. The number of benzene rings is 3. The van der Waals surface area contributed by atoms with E-state index in [1.807, 2.05) is 6.92 Å². The summed E-state index contributed by atoms with van der Waals surface area (Å²) in [5.41, 5.74) is 1.16. The summed E-state index contributed by atoms with van der Waals surface area (Å²) in [6.45, 7) is 2.23. The first kappa shape index (κ1) is 20.7. The monoisotopic (exact) mass is 430 g/mol. The molecule has 0 heterocycles. The second kappa shape index (κ2) is 8.98. The molecule has 0 bridgehead atoms. The van der Waals surface area contributed by atoms with E-state index in [-0.39, 0.29) is 10.8 Å². The van der Waals surface area contributed by atoms with Crippen LogP contribution in [0.15, 0.2) is 77.7 Å². The Bertz CT molecular complexity index is 1100. The largest absolute Gasteiger partial charge is 0.490 e. The second-order valence-corrected chi connectivity index (χ2v) is 8.09. The molecule has 0 radical (unpaired) electrons. The molecular weight excluding hydrogens is 412 g/mol. The minimum Gasteiger partial charge on any atom is -0.490 e. The maximum atomic E-state index is 12.6. The minimum absolute atomic E-state index is 0.159. The highest BCUT2D eigenvalue weighted by atomic mass is 35.5. The smallest absolute Gasteiger partial charge is 0.261 e. The van der Waals surface area contributed by atoms with Gasteiger partial charge in [-0.3, -0.25) is 9.52 Å². The number of carbonyl (C=O) groups is 1. The molecule has 0 fully saturated rings. The Kier molecular flexibility index (Phi) is 6.41. The summed E-state index contributed by atoms with van der Waals surface area (Å²) in [7, 11) is -3.69. The lowest BCUT2D eigenvalue weighted by Gasteiger charge is -2.13. The van der Waals surface area contributed by atoms with Crippen molar-refractivity contribution in [3.63, 3.8) is 0 Å². The molecule has 0 saturated heterocycles. The van der Waals surface area contributed by atoms with E-state index < -0.39 is 10.0 Å². The minimum atomic E-state index is -3.69. The van der Waals surface area contributed by atoms with Crippen LogP contribution in [0.4, 0.5) is 11.4 Å². The molecule has 8 heteroatoms. The highest BCUT2D eigenvalue weighted by Crippen LogP contribution is 2.33. The molecule has 3 rings (SSSR count). The van der Waals surface area contributed by atoms with E-state index in [0.29, 0.717) is 34.3 Å². The average molecular weight is 431 g/mol. The maximum absolute atomic E-state index is 12.6. The number of sulfonamides is 1. The molecule has 2 N–H and O–H groups in total. The van der Waals surface area contributed by atoms with Gasteiger partial charge in [-0.2, -0.15) is 0 Å². The molecule has 0 aromatic heterocycles. The van der Waals surface area contributed by atoms with Crippen molar-refractivity contribution in [1.82, 2.24) is 0 Å². The van der Waals surface area contributed by atoms with Crippen LogP contribution >= 0.6 is 11.6 Å². The van der Waals surface area contributed by atoms with Crippen LogP contribution in [0.5, 0.6) is 5.75 Å². The predicted molar refractivity (Wildman–Crippen MR) is 114 cm³/mol. The molecule has 0 aliphatic carbocycles. The standard InChI is InChI=1S/C21H19ClN2O4S/c1-2-28-20-18(22)9-6-10-19(20)23-21(25)15-11-13-16(14-12-15)24-29(26,27)17-7-4-3-5-8-17/h3-14,24H,2H2,1H3,(H,23,25). The fourth-order valence-corrected chi connectivity index (χ4v) is 3.90. The Morgan fingerprint density at radius 2 is 1.66 bits per heavy atom. The Labute approximate surface area is 174 Å². The van der Waals surface area contributed by atoms with Gasteiger partial charge in [0.1, 0.15) is 0 Å². The predicted octanol–water partition coefficient (Wildman–Crippen LogP) is 4.79. The number of carbonyl (C=O) groups excluding carboxylic acids is 1. The van der Waals surface area contributed by atoms with Crippen LogP contribution in [0, 0.1) is 0 Å². The van der Waals surface area contributed by atoms with Gasteiger partial charge in [-0.15, -0.1) is 0 Å². The molecule has 3 aromatic rings. The third-order valence-corrected chi connectivity index (χ3v) is 5.65. The molecule has 29 heavy (non-hydrogen) atoms. The first-order valence-electron chi connectivity index (χ1n) is 8.81. The van der Waals surface area contributed by atoms with E-state index in [1.54, 1.807) is 36.4 Å². The summed E-state index contributed by atoms with van der Waals surface area (Å²) in [5, 5.41) is 3.16. The Morgan fingerprint density at radius 1 is 0.966 bits per heavy atom. The van der Waals surface area contributed by atoms with E-state index >= 15 is 0 Å². The van der Waals surface area contributed by atoms with Gasteiger partial charge < -0.3 is 10.1 Å². The Hall–Kier alpha value is -3.03. The highest BCUT2D eigenvalue weighted by molar-refractivity contribution is 7.92. The average Bonchev–Trinajstić information content (AvgIpc) is 2.71. The third kappa shape index (κ3) is 5.07. The lowest BCUT2D eigenvalue weighted by molar-refractivity contribution is 0.102. The van der Waals surface area contributed by atoms with Crippen LogP contribution in [-0.4, -0.2) is 20.9 Å². The van der Waals surface area contributed by atoms with E-state index in [9.17, 15) is 13.2 Å². The fourth-order valence-electron chi connectivity index (χ4n) is 2.60. The topological polar surface area (TPSA) is 84.5 Å². The molecule has 0 aliphatic rings. The fraction of sp³-hybridized carbons (Fsp3) is 0.0952. The van der Waals surface area contributed by atoms with Gasteiger partial charge in [-0.05, 0) is 55.5 Å². The summed E-state index contributed by atoms with van der Waals surface area (Å²) in [4.78, 5) is 12.7. The quantitative estimate of drug-likeness (QED) is 0.564. The van der Waals surface area contributed by atoms with E-state index in [4.69, 9.17) is 16.3 Å². The van der Waals surface area contributed by atoms with Crippen LogP contribution in [-0.2, 0) is 10.0 Å². The first-order chi connectivity index (χ1) is 13.9. The summed E-state index contributed by atoms with van der Waals surface area (Å²) < 4.78 is 32.7. The molecule has 1 amide bonds. The summed E-state index contributed by atoms with van der Waals surface area (Å²) in [5.74, 6) is 0.0305. The number of halogens is 1. The van der Waals surface area contributed by atoms with Crippen LogP contribution in [0.25, 0.3) is 0 Å². The molecule has 150 valence electrons. The van der Waals surface area contributed by atoms with Gasteiger partial charge in [0.2, 0.25) is 0 Å². The first-order valence-corrected chi connectivity index (χ1v) is 10.7. The number of hydrogen-bond donors (Lipinski definition) is 2. The van der Waals surface area contributed by atoms with Crippen LogP contribution in [0.1, 0.15) is 17.3 Å². The zero-order valence-electron chi connectivity index (χ0n) is 15.6. The number of nitrogens with one attached hydrogen (secondary N) is 2. The van der Waals surface area contributed by atoms with Gasteiger partial charge in [0.15, 0.2) is 5.75 Å². The Morgan fingerprint density at radius 3 is 2.31 bits per heavy atom. The van der Waals surface area contributed by atoms with Gasteiger partial charge in [0.25, 0.3) is 15.9 Å². The number of anilines is 2. The van der Waals surface area contributed by atoms with Gasteiger partial charge in [-0.1, -0.05) is 35.9 Å². The van der Waals surface area contributed by atoms with Crippen LogP contribution < -0.4 is 14.8 Å². The van der Waals surface area contributed by atoms with Crippen LogP contribution in [0.3, 0.4) is 0 Å². The molecule has 0 atom stereocenters. The SMILES string of the molecule is CCOc1c(Cl)cccc1NC(=O)c1ccc(NS(=O)(=O)c2ccccc2)cc1. The Balaban J connectivity index is 1.74. The van der Waals surface area contributed by atoms with E-state index in [1.165, 1.54) is 36.4 Å². The van der Waals surface area contributed by atoms with Crippen molar-refractivity contribution in [3.05, 3.63) is 83.4 Å². The number of rotatable bonds is 7. The highest BCUT2D eigenvalue weighted by Gasteiger charge is 2.15. The van der Waals surface area contributed by atoms with Crippen molar-refractivity contribution >= 4 is 38.9 Å². The van der Waals surface area contributed by atoms with Crippen molar-refractivity contribution in [2.24, 2.45) is 0 Å². The molecule has 0 unspecified atom stereocenters. The maximum Gasteiger partial charge on any atom is 0.261 e. The lowest BCUT2D eigenvalue weighted by Crippen LogP contribution is -2.14. The molecule has 0 aliphatic heterocycles. The van der Waals surface area contributed by atoms with E-state index in [2.05, 4.69) is 10.0 Å². The van der Waals surface area contributed by atoms with Crippen molar-refractivity contribution in [2.45, 2.75) is 11.8 Å². The van der Waals surface area contributed by atoms with E-state index in [0.717, 1.165) is 0 Å². The molecule has 3 aromatic carbocycles. The van der Waals surface area contributed by atoms with Crippen molar-refractivity contribution in [1.29, 1.82) is 0 Å². The normalized spacial score (nSPS) is 11.0. The zero-order valence-corrected chi connectivity index (χ0v) is 17.1. The number of para-hydroxylation sites is 1. The van der Waals surface area contributed by atoms with Gasteiger partial charge in [0.05, 0.1) is 22.2 Å². The number of hydrogen-bond acceptors (Lipinski definition) is 4. The van der Waals surface area contributed by atoms with Crippen molar-refractivity contribution < 1.29 is 17.9 Å². The summed E-state index contributed by atoms with van der Waals surface area (Å²) >= 11 is 6.13. The molecular formula is C21H19ClN2O4S. The zero-order chi connectivity index (χ0) is 20.9. The third-order valence-electron chi connectivity index (χ3n) is 3.96. The van der Waals surface area contributed by atoms with Crippen LogP contribution in [0.2, 0.25) is 5.02 Å². The molecule has 0 spiro atoms. The lowest BCUT2D eigenvalue weighted by atomic mass is 10.2. The number of ether oxygens (including phenoxy) is 1. The molecule has 0 saturated carbocycles. The van der Waals surface area contributed by atoms with Gasteiger partial charge in [-0.25, -0.2) is 8.42 Å². The summed E-state index contributed by atoms with van der Waals surface area (Å²) in [6, 6.07) is 19.2. The van der Waals surface area contributed by atoms with Gasteiger partial charge in [0, 0.05) is 11.3 Å². The molecule has 6 nitrogen and oxygen atoms in total. The van der Waals surface area contributed by atoms with Gasteiger partial charge >= 0.3 is 0 Å². The number of amides is 1. The summed E-state index contributed by atoms with van der Waals surface area (Å²) in [6.07, 6.45) is 0. The van der Waals surface area contributed by atoms with Crippen molar-refractivity contribution in [2.75, 3.05) is 16.6 Å². The van der Waals surface area contributed by atoms with Crippen molar-refractivity contribution in [3.8, 4) is 5.75 Å².